The number of carbonyl (C=O) groups is 2. The molecule has 1 atom stereocenters. The van der Waals surface area contributed by atoms with Crippen molar-refractivity contribution >= 4 is 33.6 Å². The molecule has 2 rings (SSSR count). The quantitative estimate of drug-likeness (QED) is 0.557. The highest BCUT2D eigenvalue weighted by Gasteiger charge is 2.24. The third-order valence-electron chi connectivity index (χ3n) is 4.29. The lowest BCUT2D eigenvalue weighted by molar-refractivity contribution is -0.122. The van der Waals surface area contributed by atoms with Gasteiger partial charge in [-0.25, -0.2) is 4.79 Å². The van der Waals surface area contributed by atoms with Gasteiger partial charge in [0.05, 0.1) is 6.61 Å². The molecule has 2 saturated heterocycles. The van der Waals surface area contributed by atoms with Gasteiger partial charge in [0, 0.05) is 36.6 Å². The van der Waals surface area contributed by atoms with Crippen LogP contribution in [0, 0.1) is 0 Å². The van der Waals surface area contributed by atoms with E-state index in [2.05, 4.69) is 5.32 Å². The highest BCUT2D eigenvalue weighted by atomic mass is 33.1. The highest BCUT2D eigenvalue weighted by Crippen LogP contribution is 2.39. The Kier molecular flexibility index (Phi) is 8.44. The van der Waals surface area contributed by atoms with Crippen LogP contribution in [0.15, 0.2) is 0 Å². The molecule has 132 valence electrons. The van der Waals surface area contributed by atoms with Crippen LogP contribution in [0.3, 0.4) is 0 Å². The Morgan fingerprint density at radius 3 is 2.65 bits per heavy atom. The molecule has 0 saturated carbocycles. The minimum atomic E-state index is -0.236. The van der Waals surface area contributed by atoms with E-state index in [1.165, 1.54) is 18.6 Å². The van der Waals surface area contributed by atoms with Crippen LogP contribution in [-0.2, 0) is 9.53 Å². The fraction of sp³-hybridized carbons (Fsp3) is 0.875. The molecular weight excluding hydrogens is 332 g/mol. The number of likely N-dealkylation sites (tertiary alicyclic amines) is 1. The zero-order valence-corrected chi connectivity index (χ0v) is 15.6. The molecule has 2 heterocycles. The SMILES string of the molecule is CCOC(=O)N1CCC(NC(=O)CCCCC2CCSS2)CC1. The van der Waals surface area contributed by atoms with Crippen molar-refractivity contribution in [2.45, 2.75) is 63.2 Å². The summed E-state index contributed by atoms with van der Waals surface area (Å²) < 4.78 is 5.00. The standard InChI is InChI=1S/C16H28N2O3S2/c1-2-21-16(20)18-10-7-13(8-11-18)17-15(19)6-4-3-5-14-9-12-22-23-14/h13-14H,2-12H2,1H3,(H,17,19). The average molecular weight is 361 g/mol. The third-order valence-corrected chi connectivity index (χ3v) is 7.30. The molecule has 0 aromatic rings. The molecule has 0 aromatic heterocycles. The second kappa shape index (κ2) is 10.3. The van der Waals surface area contributed by atoms with Gasteiger partial charge >= 0.3 is 6.09 Å². The van der Waals surface area contributed by atoms with Crippen LogP contribution in [0.2, 0.25) is 0 Å². The summed E-state index contributed by atoms with van der Waals surface area (Å²) in [6.07, 6.45) is 6.72. The number of nitrogens with zero attached hydrogens (tertiary/aromatic N) is 1. The molecule has 23 heavy (non-hydrogen) atoms. The molecule has 1 N–H and O–H groups in total. The van der Waals surface area contributed by atoms with E-state index in [4.69, 9.17) is 4.74 Å². The summed E-state index contributed by atoms with van der Waals surface area (Å²) in [5.74, 6) is 1.44. The Balaban J connectivity index is 1.53. The van der Waals surface area contributed by atoms with Gasteiger partial charge in [-0.1, -0.05) is 28.0 Å². The normalized spacial score (nSPS) is 22.1. The van der Waals surface area contributed by atoms with Gasteiger partial charge in [-0.05, 0) is 39.0 Å². The monoisotopic (exact) mass is 360 g/mol. The second-order valence-corrected chi connectivity index (χ2v) is 8.89. The van der Waals surface area contributed by atoms with E-state index >= 15 is 0 Å². The number of unbranched alkanes of at least 4 members (excludes halogenated alkanes) is 1. The summed E-state index contributed by atoms with van der Waals surface area (Å²) >= 11 is 0. The molecule has 0 bridgehead atoms. The van der Waals surface area contributed by atoms with Crippen LogP contribution >= 0.6 is 21.6 Å². The van der Waals surface area contributed by atoms with Crippen molar-refractivity contribution < 1.29 is 14.3 Å². The molecule has 2 fully saturated rings. The first-order valence-corrected chi connectivity index (χ1v) is 11.1. The summed E-state index contributed by atoms with van der Waals surface area (Å²) in [7, 11) is 3.98. The smallest absolute Gasteiger partial charge is 0.409 e. The fourth-order valence-corrected chi connectivity index (χ4v) is 5.97. The van der Waals surface area contributed by atoms with E-state index in [1.54, 1.807) is 4.90 Å². The molecule has 5 nitrogen and oxygen atoms in total. The molecule has 7 heteroatoms. The maximum atomic E-state index is 12.0. The summed E-state index contributed by atoms with van der Waals surface area (Å²) in [5.41, 5.74) is 0. The lowest BCUT2D eigenvalue weighted by atomic mass is 10.0. The predicted octanol–water partition coefficient (Wildman–Crippen LogP) is 3.44. The summed E-state index contributed by atoms with van der Waals surface area (Å²) in [6.45, 7) is 3.56. The van der Waals surface area contributed by atoms with Gasteiger partial charge in [0.2, 0.25) is 5.91 Å². The Morgan fingerprint density at radius 2 is 2.00 bits per heavy atom. The van der Waals surface area contributed by atoms with Crippen LogP contribution in [-0.4, -0.2) is 53.6 Å². The topological polar surface area (TPSA) is 58.6 Å². The van der Waals surface area contributed by atoms with Gasteiger partial charge < -0.3 is 15.0 Å². The van der Waals surface area contributed by atoms with Crippen LogP contribution < -0.4 is 5.32 Å². The molecule has 0 spiro atoms. The first kappa shape index (κ1) is 18.8. The second-order valence-electron chi connectivity index (χ2n) is 6.10. The molecule has 0 radical (unpaired) electrons. The number of piperidine rings is 1. The van der Waals surface area contributed by atoms with Gasteiger partial charge in [0.1, 0.15) is 0 Å². The molecule has 1 unspecified atom stereocenters. The minimum Gasteiger partial charge on any atom is -0.450 e. The lowest BCUT2D eigenvalue weighted by Crippen LogP contribution is -2.46. The van der Waals surface area contributed by atoms with Crippen molar-refractivity contribution in [2.24, 2.45) is 0 Å². The first-order chi connectivity index (χ1) is 11.2. The van der Waals surface area contributed by atoms with E-state index < -0.39 is 0 Å². The maximum absolute atomic E-state index is 12.0. The van der Waals surface area contributed by atoms with E-state index in [0.717, 1.165) is 30.9 Å². The lowest BCUT2D eigenvalue weighted by Gasteiger charge is -2.31. The van der Waals surface area contributed by atoms with Gasteiger partial charge in [0.25, 0.3) is 0 Å². The van der Waals surface area contributed by atoms with Crippen molar-refractivity contribution in [3.8, 4) is 0 Å². The number of amides is 2. The number of hydrogen-bond acceptors (Lipinski definition) is 5. The van der Waals surface area contributed by atoms with Gasteiger partial charge in [-0.2, -0.15) is 0 Å². The third kappa shape index (κ3) is 6.83. The number of carbonyl (C=O) groups excluding carboxylic acids is 2. The zero-order valence-electron chi connectivity index (χ0n) is 13.9. The van der Waals surface area contributed by atoms with Crippen molar-refractivity contribution in [3.63, 3.8) is 0 Å². The van der Waals surface area contributed by atoms with Gasteiger partial charge in [-0.15, -0.1) is 0 Å². The molecule has 2 aliphatic heterocycles. The molecular formula is C16H28N2O3S2. The molecule has 0 aliphatic carbocycles. The Bertz CT molecular complexity index is 382. The average Bonchev–Trinajstić information content (AvgIpc) is 3.06. The summed E-state index contributed by atoms with van der Waals surface area (Å²) in [4.78, 5) is 25.3. The van der Waals surface area contributed by atoms with Crippen LogP contribution in [0.4, 0.5) is 4.79 Å². The van der Waals surface area contributed by atoms with Crippen LogP contribution in [0.5, 0.6) is 0 Å². The minimum absolute atomic E-state index is 0.160. The summed E-state index contributed by atoms with van der Waals surface area (Å²) in [5, 5.41) is 3.91. The number of ether oxygens (including phenoxy) is 1. The summed E-state index contributed by atoms with van der Waals surface area (Å²) in [6, 6.07) is 0.204. The van der Waals surface area contributed by atoms with E-state index in [1.807, 2.05) is 28.5 Å². The number of rotatable bonds is 7. The Morgan fingerprint density at radius 1 is 1.22 bits per heavy atom. The van der Waals surface area contributed by atoms with Crippen molar-refractivity contribution in [3.05, 3.63) is 0 Å². The van der Waals surface area contributed by atoms with Gasteiger partial charge in [0.15, 0.2) is 0 Å². The largest absolute Gasteiger partial charge is 0.450 e. The van der Waals surface area contributed by atoms with Crippen molar-refractivity contribution in [1.82, 2.24) is 10.2 Å². The van der Waals surface area contributed by atoms with Crippen molar-refractivity contribution in [1.29, 1.82) is 0 Å². The predicted molar refractivity (Wildman–Crippen MR) is 96.7 cm³/mol. The van der Waals surface area contributed by atoms with Crippen LogP contribution in [0.1, 0.15) is 51.9 Å². The van der Waals surface area contributed by atoms with E-state index in [-0.39, 0.29) is 18.0 Å². The Hall–Kier alpha value is -0.560. The maximum Gasteiger partial charge on any atom is 0.409 e. The fourth-order valence-electron chi connectivity index (χ4n) is 2.94. The molecule has 0 aromatic carbocycles. The van der Waals surface area contributed by atoms with Crippen LogP contribution in [0.25, 0.3) is 0 Å². The van der Waals surface area contributed by atoms with Gasteiger partial charge in [-0.3, -0.25) is 4.79 Å². The number of hydrogen-bond donors (Lipinski definition) is 1. The van der Waals surface area contributed by atoms with Crippen molar-refractivity contribution in [2.75, 3.05) is 25.4 Å². The first-order valence-electron chi connectivity index (χ1n) is 8.68. The number of nitrogens with one attached hydrogen (secondary N) is 1. The zero-order chi connectivity index (χ0) is 16.5. The molecule has 2 aliphatic rings. The Labute approximate surface area is 147 Å². The highest BCUT2D eigenvalue weighted by molar-refractivity contribution is 8.77. The van der Waals surface area contributed by atoms with E-state index in [9.17, 15) is 9.59 Å². The van der Waals surface area contributed by atoms with E-state index in [0.29, 0.717) is 26.1 Å². The molecule has 2 amide bonds.